The number of carbonyl (C=O) groups is 1. The maximum Gasteiger partial charge on any atom is 0.303 e. The van der Waals surface area contributed by atoms with Crippen molar-refractivity contribution in [3.8, 4) is 0 Å². The number of hydrogen-bond donors (Lipinski definition) is 2. The number of hydrogen-bond acceptors (Lipinski definition) is 2. The summed E-state index contributed by atoms with van der Waals surface area (Å²) in [7, 11) is 0. The second kappa shape index (κ2) is 9.19. The SMILES string of the molecule is Cl.O=C(O)CCCNCCc1ccccc1. The van der Waals surface area contributed by atoms with Crippen molar-refractivity contribution >= 4 is 18.4 Å². The van der Waals surface area contributed by atoms with E-state index in [1.165, 1.54) is 5.56 Å². The van der Waals surface area contributed by atoms with Gasteiger partial charge in [0.25, 0.3) is 0 Å². The van der Waals surface area contributed by atoms with Crippen LogP contribution in [0.1, 0.15) is 18.4 Å². The van der Waals surface area contributed by atoms with E-state index in [1.807, 2.05) is 18.2 Å². The Kier molecular flexibility index (Phi) is 8.58. The molecule has 3 nitrogen and oxygen atoms in total. The third-order valence-electron chi connectivity index (χ3n) is 2.18. The van der Waals surface area contributed by atoms with Gasteiger partial charge in [-0.3, -0.25) is 4.79 Å². The maximum atomic E-state index is 10.2. The molecule has 90 valence electrons. The van der Waals surface area contributed by atoms with Crippen molar-refractivity contribution in [2.75, 3.05) is 13.1 Å². The summed E-state index contributed by atoms with van der Waals surface area (Å²) in [6.45, 7) is 1.68. The number of halogens is 1. The average Bonchev–Trinajstić information content (AvgIpc) is 2.24. The molecule has 0 fully saturated rings. The molecular weight excluding hydrogens is 226 g/mol. The van der Waals surface area contributed by atoms with Gasteiger partial charge in [-0.25, -0.2) is 0 Å². The number of nitrogens with one attached hydrogen (secondary N) is 1. The molecule has 0 heterocycles. The predicted molar refractivity (Wildman–Crippen MR) is 67.1 cm³/mol. The highest BCUT2D eigenvalue weighted by Gasteiger charge is 1.95. The highest BCUT2D eigenvalue weighted by Crippen LogP contribution is 1.98. The van der Waals surface area contributed by atoms with Crippen LogP contribution in [0, 0.1) is 0 Å². The van der Waals surface area contributed by atoms with Crippen LogP contribution in [0.3, 0.4) is 0 Å². The summed E-state index contributed by atoms with van der Waals surface area (Å²) >= 11 is 0. The zero-order chi connectivity index (χ0) is 10.9. The van der Waals surface area contributed by atoms with E-state index in [2.05, 4.69) is 17.4 Å². The van der Waals surface area contributed by atoms with Crippen LogP contribution in [-0.4, -0.2) is 24.2 Å². The normalized spacial score (nSPS) is 9.50. The van der Waals surface area contributed by atoms with Gasteiger partial charge in [-0.15, -0.1) is 12.4 Å². The van der Waals surface area contributed by atoms with Crippen LogP contribution < -0.4 is 5.32 Å². The summed E-state index contributed by atoms with van der Waals surface area (Å²) < 4.78 is 0. The van der Waals surface area contributed by atoms with Crippen LogP contribution in [0.25, 0.3) is 0 Å². The first-order chi connectivity index (χ1) is 7.29. The van der Waals surface area contributed by atoms with Gasteiger partial charge in [0.15, 0.2) is 0 Å². The molecule has 1 aromatic carbocycles. The molecule has 16 heavy (non-hydrogen) atoms. The smallest absolute Gasteiger partial charge is 0.303 e. The van der Waals surface area contributed by atoms with Crippen LogP contribution in [0.4, 0.5) is 0 Å². The molecule has 0 aliphatic rings. The van der Waals surface area contributed by atoms with E-state index in [-0.39, 0.29) is 18.8 Å². The molecule has 0 aliphatic carbocycles. The first kappa shape index (κ1) is 14.9. The first-order valence-electron chi connectivity index (χ1n) is 5.25. The lowest BCUT2D eigenvalue weighted by Gasteiger charge is -2.03. The predicted octanol–water partition coefficient (Wildman–Crippen LogP) is 2.11. The van der Waals surface area contributed by atoms with E-state index in [4.69, 9.17) is 5.11 Å². The summed E-state index contributed by atoms with van der Waals surface area (Å²) in [5.41, 5.74) is 1.31. The van der Waals surface area contributed by atoms with Crippen molar-refractivity contribution in [1.82, 2.24) is 5.32 Å². The lowest BCUT2D eigenvalue weighted by Crippen LogP contribution is -2.19. The zero-order valence-electron chi connectivity index (χ0n) is 9.19. The Balaban J connectivity index is 0.00000225. The summed E-state index contributed by atoms with van der Waals surface area (Å²) in [5, 5.41) is 11.6. The highest BCUT2D eigenvalue weighted by atomic mass is 35.5. The molecule has 0 unspecified atom stereocenters. The number of benzene rings is 1. The molecule has 4 heteroatoms. The maximum absolute atomic E-state index is 10.2. The summed E-state index contributed by atoms with van der Waals surface area (Å²) in [6.07, 6.45) is 1.94. The molecule has 1 aromatic rings. The zero-order valence-corrected chi connectivity index (χ0v) is 10.0. The van der Waals surface area contributed by atoms with Crippen molar-refractivity contribution in [2.45, 2.75) is 19.3 Å². The fraction of sp³-hybridized carbons (Fsp3) is 0.417. The fourth-order valence-electron chi connectivity index (χ4n) is 1.37. The fourth-order valence-corrected chi connectivity index (χ4v) is 1.37. The molecule has 0 amide bonds. The van der Waals surface area contributed by atoms with Gasteiger partial charge in [-0.1, -0.05) is 30.3 Å². The van der Waals surface area contributed by atoms with Gasteiger partial charge in [-0.2, -0.15) is 0 Å². The molecule has 0 aliphatic heterocycles. The quantitative estimate of drug-likeness (QED) is 0.722. The summed E-state index contributed by atoms with van der Waals surface area (Å²) in [6, 6.07) is 10.3. The molecule has 0 spiro atoms. The Morgan fingerprint density at radius 1 is 1.19 bits per heavy atom. The third-order valence-corrected chi connectivity index (χ3v) is 2.18. The minimum Gasteiger partial charge on any atom is -0.481 e. The van der Waals surface area contributed by atoms with E-state index in [1.54, 1.807) is 0 Å². The Bertz CT molecular complexity index is 290. The molecule has 0 radical (unpaired) electrons. The number of rotatable bonds is 7. The van der Waals surface area contributed by atoms with Gasteiger partial charge in [-0.05, 0) is 31.5 Å². The molecule has 0 saturated heterocycles. The largest absolute Gasteiger partial charge is 0.481 e. The number of aliphatic carboxylic acids is 1. The Morgan fingerprint density at radius 2 is 1.88 bits per heavy atom. The molecule has 0 saturated carbocycles. The Hall–Kier alpha value is -1.06. The van der Waals surface area contributed by atoms with E-state index < -0.39 is 5.97 Å². The van der Waals surface area contributed by atoms with Gasteiger partial charge in [0.2, 0.25) is 0 Å². The second-order valence-electron chi connectivity index (χ2n) is 3.48. The van der Waals surface area contributed by atoms with Crippen molar-refractivity contribution in [3.63, 3.8) is 0 Å². The molecular formula is C12H18ClNO2. The van der Waals surface area contributed by atoms with Gasteiger partial charge in [0, 0.05) is 6.42 Å². The van der Waals surface area contributed by atoms with Crippen LogP contribution in [0.15, 0.2) is 30.3 Å². The lowest BCUT2D eigenvalue weighted by atomic mass is 10.1. The van der Waals surface area contributed by atoms with Gasteiger partial charge < -0.3 is 10.4 Å². The van der Waals surface area contributed by atoms with E-state index in [9.17, 15) is 4.79 Å². The third kappa shape index (κ3) is 7.26. The van der Waals surface area contributed by atoms with Crippen molar-refractivity contribution < 1.29 is 9.90 Å². The molecule has 1 rings (SSSR count). The van der Waals surface area contributed by atoms with Crippen molar-refractivity contribution in [3.05, 3.63) is 35.9 Å². The van der Waals surface area contributed by atoms with Gasteiger partial charge >= 0.3 is 5.97 Å². The summed E-state index contributed by atoms with van der Waals surface area (Å²) in [5.74, 6) is -0.722. The standard InChI is InChI=1S/C12H17NO2.ClH/c14-12(15)7-4-9-13-10-8-11-5-2-1-3-6-11;/h1-3,5-6,13H,4,7-10H2,(H,14,15);1H. The molecule has 0 bridgehead atoms. The highest BCUT2D eigenvalue weighted by molar-refractivity contribution is 5.85. The van der Waals surface area contributed by atoms with Crippen molar-refractivity contribution in [1.29, 1.82) is 0 Å². The Labute approximate surface area is 102 Å². The first-order valence-corrected chi connectivity index (χ1v) is 5.25. The van der Waals surface area contributed by atoms with Crippen LogP contribution >= 0.6 is 12.4 Å². The molecule has 0 aromatic heterocycles. The molecule has 0 atom stereocenters. The Morgan fingerprint density at radius 3 is 2.50 bits per heavy atom. The lowest BCUT2D eigenvalue weighted by molar-refractivity contribution is -0.137. The van der Waals surface area contributed by atoms with E-state index in [0.29, 0.717) is 6.42 Å². The summed E-state index contributed by atoms with van der Waals surface area (Å²) in [4.78, 5) is 10.2. The minimum atomic E-state index is -0.722. The van der Waals surface area contributed by atoms with Gasteiger partial charge in [0.05, 0.1) is 0 Å². The molecule has 2 N–H and O–H groups in total. The second-order valence-corrected chi connectivity index (χ2v) is 3.48. The monoisotopic (exact) mass is 243 g/mol. The van der Waals surface area contributed by atoms with Crippen LogP contribution in [0.5, 0.6) is 0 Å². The minimum absolute atomic E-state index is 0. The van der Waals surface area contributed by atoms with Crippen molar-refractivity contribution in [2.24, 2.45) is 0 Å². The number of carboxylic acid groups (broad SMARTS) is 1. The van der Waals surface area contributed by atoms with Crippen LogP contribution in [-0.2, 0) is 11.2 Å². The number of carboxylic acids is 1. The van der Waals surface area contributed by atoms with Crippen LogP contribution in [0.2, 0.25) is 0 Å². The average molecular weight is 244 g/mol. The topological polar surface area (TPSA) is 49.3 Å². The van der Waals surface area contributed by atoms with E-state index in [0.717, 1.165) is 19.5 Å². The van der Waals surface area contributed by atoms with Gasteiger partial charge in [0.1, 0.15) is 0 Å². The van der Waals surface area contributed by atoms with E-state index >= 15 is 0 Å².